The zero-order valence-electron chi connectivity index (χ0n) is 11.6. The van der Waals surface area contributed by atoms with Crippen LogP contribution >= 0.6 is 0 Å². The van der Waals surface area contributed by atoms with E-state index in [0.717, 1.165) is 38.0 Å². The summed E-state index contributed by atoms with van der Waals surface area (Å²) in [6.45, 7) is 6.76. The second kappa shape index (κ2) is 7.20. The van der Waals surface area contributed by atoms with Crippen LogP contribution in [0.15, 0.2) is 36.9 Å². The van der Waals surface area contributed by atoms with Crippen molar-refractivity contribution in [2.75, 3.05) is 19.6 Å². The lowest BCUT2D eigenvalue weighted by Gasteiger charge is -2.31. The zero-order chi connectivity index (χ0) is 14.4. The average Bonchev–Trinajstić information content (AvgIpc) is 2.48. The first kappa shape index (κ1) is 14.7. The number of hydrogen-bond acceptors (Lipinski definition) is 2. The zero-order valence-corrected chi connectivity index (χ0v) is 11.6. The van der Waals surface area contributed by atoms with Crippen LogP contribution in [0.4, 0.5) is 4.39 Å². The number of likely N-dealkylation sites (tertiary alicyclic amines) is 1. The Balaban J connectivity index is 1.78. The van der Waals surface area contributed by atoms with E-state index < -0.39 is 0 Å². The summed E-state index contributed by atoms with van der Waals surface area (Å²) < 4.78 is 12.8. The van der Waals surface area contributed by atoms with Crippen molar-refractivity contribution in [3.63, 3.8) is 0 Å². The predicted octanol–water partition coefficient (Wildman–Crippen LogP) is 2.34. The van der Waals surface area contributed by atoms with Gasteiger partial charge in [-0.1, -0.05) is 18.2 Å². The Hall–Kier alpha value is -1.68. The first-order valence-electron chi connectivity index (χ1n) is 7.04. The second-order valence-electron chi connectivity index (χ2n) is 5.21. The first-order valence-corrected chi connectivity index (χ1v) is 7.04. The van der Waals surface area contributed by atoms with Gasteiger partial charge in [0.15, 0.2) is 0 Å². The lowest BCUT2D eigenvalue weighted by atomic mass is 9.95. The molecule has 0 atom stereocenters. The van der Waals surface area contributed by atoms with Crippen molar-refractivity contribution >= 4 is 5.91 Å². The number of piperidine rings is 1. The van der Waals surface area contributed by atoms with Crippen molar-refractivity contribution in [2.24, 2.45) is 5.92 Å². The number of hydrogen-bond donors (Lipinski definition) is 1. The largest absolute Gasteiger partial charge is 0.352 e. The molecule has 1 N–H and O–H groups in total. The third-order valence-corrected chi connectivity index (χ3v) is 3.70. The summed E-state index contributed by atoms with van der Waals surface area (Å²) in [6, 6.07) is 6.62. The van der Waals surface area contributed by atoms with E-state index in [-0.39, 0.29) is 17.6 Å². The molecule has 0 aliphatic carbocycles. The minimum absolute atomic E-state index is 0.111. The van der Waals surface area contributed by atoms with Gasteiger partial charge in [0.05, 0.1) is 0 Å². The standard InChI is InChI=1S/C16H21FN2O/c1-2-9-18-16(20)14-7-10-19(11-8-14)12-13-3-5-15(17)6-4-13/h2-6,14H,1,7-12H2,(H,18,20). The van der Waals surface area contributed by atoms with Crippen LogP contribution < -0.4 is 5.32 Å². The summed E-state index contributed by atoms with van der Waals surface area (Å²) in [4.78, 5) is 14.2. The highest BCUT2D eigenvalue weighted by atomic mass is 19.1. The highest BCUT2D eigenvalue weighted by molar-refractivity contribution is 5.78. The van der Waals surface area contributed by atoms with Crippen LogP contribution in [-0.2, 0) is 11.3 Å². The Kier molecular flexibility index (Phi) is 5.30. The van der Waals surface area contributed by atoms with E-state index in [0.29, 0.717) is 6.54 Å². The molecule has 1 amide bonds. The molecule has 0 aromatic heterocycles. The average molecular weight is 276 g/mol. The molecule has 1 aliphatic rings. The molecule has 3 nitrogen and oxygen atoms in total. The van der Waals surface area contributed by atoms with Gasteiger partial charge in [-0.2, -0.15) is 0 Å². The number of carbonyl (C=O) groups excluding carboxylic acids is 1. The Morgan fingerprint density at radius 3 is 2.60 bits per heavy atom. The number of nitrogens with zero attached hydrogens (tertiary/aromatic N) is 1. The molecule has 1 saturated heterocycles. The van der Waals surface area contributed by atoms with E-state index in [1.807, 2.05) is 12.1 Å². The number of carbonyl (C=O) groups is 1. The van der Waals surface area contributed by atoms with Gasteiger partial charge >= 0.3 is 0 Å². The topological polar surface area (TPSA) is 32.3 Å². The quantitative estimate of drug-likeness (QED) is 0.837. The first-order chi connectivity index (χ1) is 9.69. The van der Waals surface area contributed by atoms with Crippen LogP contribution in [0, 0.1) is 11.7 Å². The van der Waals surface area contributed by atoms with Crippen molar-refractivity contribution in [1.29, 1.82) is 0 Å². The highest BCUT2D eigenvalue weighted by Crippen LogP contribution is 2.19. The maximum Gasteiger partial charge on any atom is 0.223 e. The predicted molar refractivity (Wildman–Crippen MR) is 77.6 cm³/mol. The second-order valence-corrected chi connectivity index (χ2v) is 5.21. The van der Waals surface area contributed by atoms with Gasteiger partial charge < -0.3 is 5.32 Å². The van der Waals surface area contributed by atoms with Crippen LogP contribution in [-0.4, -0.2) is 30.4 Å². The molecule has 1 heterocycles. The van der Waals surface area contributed by atoms with Crippen LogP contribution in [0.3, 0.4) is 0 Å². The monoisotopic (exact) mass is 276 g/mol. The molecule has 0 unspecified atom stereocenters. The lowest BCUT2D eigenvalue weighted by molar-refractivity contribution is -0.126. The molecule has 1 aromatic rings. The molecule has 2 rings (SSSR count). The minimum atomic E-state index is -0.202. The molecule has 1 aromatic carbocycles. The Morgan fingerprint density at radius 2 is 2.00 bits per heavy atom. The molecule has 4 heteroatoms. The van der Waals surface area contributed by atoms with E-state index in [2.05, 4.69) is 16.8 Å². The summed E-state index contributed by atoms with van der Waals surface area (Å²) in [7, 11) is 0. The number of amides is 1. The molecule has 1 aliphatic heterocycles. The summed E-state index contributed by atoms with van der Waals surface area (Å²) in [5.41, 5.74) is 1.11. The van der Waals surface area contributed by atoms with Crippen molar-refractivity contribution in [3.05, 3.63) is 48.3 Å². The van der Waals surface area contributed by atoms with Gasteiger partial charge in [-0.05, 0) is 43.6 Å². The van der Waals surface area contributed by atoms with Gasteiger partial charge in [0.2, 0.25) is 5.91 Å². The molecule has 1 fully saturated rings. The fourth-order valence-corrected chi connectivity index (χ4v) is 2.52. The Bertz CT molecular complexity index is 450. The molecule has 0 radical (unpaired) electrons. The number of halogens is 1. The SMILES string of the molecule is C=CCNC(=O)C1CCN(Cc2ccc(F)cc2)CC1. The fraction of sp³-hybridized carbons (Fsp3) is 0.438. The van der Waals surface area contributed by atoms with Crippen molar-refractivity contribution in [3.8, 4) is 0 Å². The van der Waals surface area contributed by atoms with Crippen molar-refractivity contribution < 1.29 is 9.18 Å². The van der Waals surface area contributed by atoms with Crippen molar-refractivity contribution in [1.82, 2.24) is 10.2 Å². The van der Waals surface area contributed by atoms with Crippen LogP contribution in [0.1, 0.15) is 18.4 Å². The van der Waals surface area contributed by atoms with Gasteiger partial charge in [-0.3, -0.25) is 9.69 Å². The lowest BCUT2D eigenvalue weighted by Crippen LogP contribution is -2.40. The number of rotatable bonds is 5. The molecular weight excluding hydrogens is 255 g/mol. The summed E-state index contributed by atoms with van der Waals surface area (Å²) in [5, 5.41) is 2.86. The van der Waals surface area contributed by atoms with Crippen LogP contribution in [0.5, 0.6) is 0 Å². The Labute approximate surface area is 119 Å². The molecule has 0 bridgehead atoms. The Morgan fingerprint density at radius 1 is 1.35 bits per heavy atom. The van der Waals surface area contributed by atoms with E-state index in [1.165, 1.54) is 12.1 Å². The highest BCUT2D eigenvalue weighted by Gasteiger charge is 2.24. The summed E-state index contributed by atoms with van der Waals surface area (Å²) in [6.07, 6.45) is 3.45. The third-order valence-electron chi connectivity index (χ3n) is 3.70. The van der Waals surface area contributed by atoms with E-state index in [1.54, 1.807) is 6.08 Å². The van der Waals surface area contributed by atoms with E-state index in [9.17, 15) is 9.18 Å². The van der Waals surface area contributed by atoms with Gasteiger partial charge in [0.25, 0.3) is 0 Å². The molecular formula is C16H21FN2O. The third kappa shape index (κ3) is 4.17. The normalized spacial score (nSPS) is 16.9. The maximum atomic E-state index is 12.8. The van der Waals surface area contributed by atoms with Gasteiger partial charge in [-0.15, -0.1) is 6.58 Å². The van der Waals surface area contributed by atoms with Crippen molar-refractivity contribution in [2.45, 2.75) is 19.4 Å². The summed E-state index contributed by atoms with van der Waals surface area (Å²) >= 11 is 0. The molecule has 20 heavy (non-hydrogen) atoms. The van der Waals surface area contributed by atoms with Crippen LogP contribution in [0.2, 0.25) is 0 Å². The number of benzene rings is 1. The fourth-order valence-electron chi connectivity index (χ4n) is 2.52. The minimum Gasteiger partial charge on any atom is -0.352 e. The number of nitrogens with one attached hydrogen (secondary N) is 1. The molecule has 0 spiro atoms. The summed E-state index contributed by atoms with van der Waals surface area (Å²) in [5.74, 6) is 0.0390. The molecule has 0 saturated carbocycles. The van der Waals surface area contributed by atoms with Crippen LogP contribution in [0.25, 0.3) is 0 Å². The van der Waals surface area contributed by atoms with Gasteiger partial charge in [0, 0.05) is 19.0 Å². The van der Waals surface area contributed by atoms with E-state index in [4.69, 9.17) is 0 Å². The smallest absolute Gasteiger partial charge is 0.223 e. The van der Waals surface area contributed by atoms with Gasteiger partial charge in [0.1, 0.15) is 5.82 Å². The molecule has 108 valence electrons. The maximum absolute atomic E-state index is 12.8. The van der Waals surface area contributed by atoms with Gasteiger partial charge in [-0.25, -0.2) is 4.39 Å². The van der Waals surface area contributed by atoms with E-state index >= 15 is 0 Å².